The Morgan fingerprint density at radius 1 is 0.957 bits per heavy atom. The number of benzene rings is 2. The zero-order valence-electron chi connectivity index (χ0n) is 12.4. The van der Waals surface area contributed by atoms with Gasteiger partial charge in [-0.05, 0) is 29.7 Å². The number of para-hydroxylation sites is 1. The van der Waals surface area contributed by atoms with Crippen molar-refractivity contribution in [3.8, 4) is 0 Å². The van der Waals surface area contributed by atoms with Crippen molar-refractivity contribution in [2.24, 2.45) is 0 Å². The van der Waals surface area contributed by atoms with Crippen LogP contribution in [0.15, 0.2) is 73.1 Å². The number of hydrogen-bond acceptors (Lipinski definition) is 3. The highest BCUT2D eigenvalue weighted by Gasteiger charge is 2.11. The van der Waals surface area contributed by atoms with Crippen LogP contribution in [0.2, 0.25) is 0 Å². The Morgan fingerprint density at radius 3 is 2.48 bits per heavy atom. The lowest BCUT2D eigenvalue weighted by Gasteiger charge is -2.13. The van der Waals surface area contributed by atoms with Gasteiger partial charge < -0.3 is 10.4 Å². The van der Waals surface area contributed by atoms with Crippen LogP contribution in [0, 0.1) is 0 Å². The molecular weight excluding hydrogens is 288 g/mol. The Bertz CT molecular complexity index is 816. The van der Waals surface area contributed by atoms with E-state index >= 15 is 0 Å². The average Bonchev–Trinajstić information content (AvgIpc) is 2.58. The third kappa shape index (κ3) is 3.55. The second-order valence-electron chi connectivity index (χ2n) is 5.17. The minimum atomic E-state index is -0.976. The van der Waals surface area contributed by atoms with Crippen LogP contribution in [0.3, 0.4) is 0 Å². The molecule has 4 heteroatoms. The van der Waals surface area contributed by atoms with E-state index in [1.54, 1.807) is 0 Å². The summed E-state index contributed by atoms with van der Waals surface area (Å²) in [6, 6.07) is 19.5. The molecule has 0 saturated heterocycles. The summed E-state index contributed by atoms with van der Waals surface area (Å²) in [5, 5.41) is 12.5. The first kappa shape index (κ1) is 14.8. The largest absolute Gasteiger partial charge is 0.478 e. The molecule has 114 valence electrons. The molecule has 0 saturated carbocycles. The summed E-state index contributed by atoms with van der Waals surface area (Å²) in [5.41, 5.74) is 3.87. The fraction of sp³-hybridized carbons (Fsp3) is 0.0526. The van der Waals surface area contributed by atoms with Crippen molar-refractivity contribution in [2.45, 2.75) is 6.42 Å². The zero-order valence-corrected chi connectivity index (χ0v) is 12.4. The molecule has 0 unspecified atom stereocenters. The third-order valence-corrected chi connectivity index (χ3v) is 3.58. The number of hydrogen-bond donors (Lipinski definition) is 2. The summed E-state index contributed by atoms with van der Waals surface area (Å²) in [6.45, 7) is 0. The van der Waals surface area contributed by atoms with Gasteiger partial charge in [-0.1, -0.05) is 48.5 Å². The number of aromatic nitrogens is 1. The molecule has 3 rings (SSSR count). The first-order chi connectivity index (χ1) is 11.2. The van der Waals surface area contributed by atoms with Gasteiger partial charge >= 0.3 is 5.97 Å². The third-order valence-electron chi connectivity index (χ3n) is 3.58. The first-order valence-corrected chi connectivity index (χ1v) is 7.30. The van der Waals surface area contributed by atoms with Gasteiger partial charge in [-0.2, -0.15) is 0 Å². The standard InChI is InChI=1S/C19H16N2O2/c22-19(23)16-10-11-20-13-18(16)21-17-9-5-4-8-15(17)12-14-6-2-1-3-7-14/h1-11,13,21H,12H2,(H,22,23). The number of carbonyl (C=O) groups is 1. The summed E-state index contributed by atoms with van der Waals surface area (Å²) >= 11 is 0. The smallest absolute Gasteiger partial charge is 0.337 e. The van der Waals surface area contributed by atoms with Crippen LogP contribution in [0.25, 0.3) is 0 Å². The van der Waals surface area contributed by atoms with Crippen molar-refractivity contribution >= 4 is 17.3 Å². The van der Waals surface area contributed by atoms with Crippen LogP contribution in [0.5, 0.6) is 0 Å². The molecule has 0 aliphatic carbocycles. The maximum absolute atomic E-state index is 11.3. The fourth-order valence-corrected chi connectivity index (χ4v) is 2.44. The number of nitrogens with one attached hydrogen (secondary N) is 1. The van der Waals surface area contributed by atoms with Crippen LogP contribution < -0.4 is 5.32 Å². The number of nitrogens with zero attached hydrogens (tertiary/aromatic N) is 1. The number of carboxylic acids is 1. The summed E-state index contributed by atoms with van der Waals surface area (Å²) in [4.78, 5) is 15.3. The molecule has 0 amide bonds. The number of anilines is 2. The first-order valence-electron chi connectivity index (χ1n) is 7.30. The van der Waals surface area contributed by atoms with E-state index < -0.39 is 5.97 Å². The minimum absolute atomic E-state index is 0.203. The Balaban J connectivity index is 1.91. The van der Waals surface area contributed by atoms with Crippen LogP contribution in [0.1, 0.15) is 21.5 Å². The monoisotopic (exact) mass is 304 g/mol. The molecule has 4 nitrogen and oxygen atoms in total. The summed E-state index contributed by atoms with van der Waals surface area (Å²) in [6.07, 6.45) is 3.78. The van der Waals surface area contributed by atoms with Crippen LogP contribution >= 0.6 is 0 Å². The summed E-state index contributed by atoms with van der Waals surface area (Å²) in [5.74, 6) is -0.976. The van der Waals surface area contributed by atoms with E-state index in [1.165, 1.54) is 24.0 Å². The average molecular weight is 304 g/mol. The number of aromatic carboxylic acids is 1. The van der Waals surface area contributed by atoms with E-state index in [0.29, 0.717) is 5.69 Å². The molecule has 0 aliphatic heterocycles. The molecule has 1 aromatic heterocycles. The predicted octanol–water partition coefficient (Wildman–Crippen LogP) is 4.11. The lowest BCUT2D eigenvalue weighted by Crippen LogP contribution is -2.04. The quantitative estimate of drug-likeness (QED) is 0.744. The maximum Gasteiger partial charge on any atom is 0.337 e. The molecule has 3 aromatic rings. The Hall–Kier alpha value is -3.14. The molecule has 2 N–H and O–H groups in total. The van der Waals surface area contributed by atoms with E-state index in [-0.39, 0.29) is 5.56 Å². The normalized spacial score (nSPS) is 10.3. The zero-order chi connectivity index (χ0) is 16.1. The van der Waals surface area contributed by atoms with Gasteiger partial charge in [0.25, 0.3) is 0 Å². The van der Waals surface area contributed by atoms with Gasteiger partial charge in [0.2, 0.25) is 0 Å². The lowest BCUT2D eigenvalue weighted by molar-refractivity contribution is 0.0698. The molecule has 2 aromatic carbocycles. The van der Waals surface area contributed by atoms with Crippen molar-refractivity contribution in [2.75, 3.05) is 5.32 Å². The van der Waals surface area contributed by atoms with Gasteiger partial charge in [0.15, 0.2) is 0 Å². The molecule has 0 fully saturated rings. The van der Waals surface area contributed by atoms with Gasteiger partial charge in [-0.3, -0.25) is 4.98 Å². The van der Waals surface area contributed by atoms with Gasteiger partial charge in [0.05, 0.1) is 17.4 Å². The number of rotatable bonds is 5. The van der Waals surface area contributed by atoms with Gasteiger partial charge in [0.1, 0.15) is 0 Å². The summed E-state index contributed by atoms with van der Waals surface area (Å²) in [7, 11) is 0. The summed E-state index contributed by atoms with van der Waals surface area (Å²) < 4.78 is 0. The molecule has 0 bridgehead atoms. The van der Waals surface area contributed by atoms with Crippen molar-refractivity contribution in [3.05, 3.63) is 89.7 Å². The van der Waals surface area contributed by atoms with Crippen LogP contribution in [0.4, 0.5) is 11.4 Å². The van der Waals surface area contributed by atoms with Gasteiger partial charge in [-0.25, -0.2) is 4.79 Å². The molecule has 0 aliphatic rings. The molecule has 0 radical (unpaired) electrons. The number of carboxylic acid groups (broad SMARTS) is 1. The van der Waals surface area contributed by atoms with E-state index in [1.807, 2.05) is 42.5 Å². The maximum atomic E-state index is 11.3. The second-order valence-corrected chi connectivity index (χ2v) is 5.17. The number of pyridine rings is 1. The van der Waals surface area contributed by atoms with E-state index in [0.717, 1.165) is 17.7 Å². The van der Waals surface area contributed by atoms with E-state index in [2.05, 4.69) is 22.4 Å². The highest BCUT2D eigenvalue weighted by atomic mass is 16.4. The van der Waals surface area contributed by atoms with Crippen LogP contribution in [-0.2, 0) is 6.42 Å². The molecule has 0 atom stereocenters. The van der Waals surface area contributed by atoms with E-state index in [4.69, 9.17) is 0 Å². The van der Waals surface area contributed by atoms with Gasteiger partial charge in [0, 0.05) is 11.9 Å². The van der Waals surface area contributed by atoms with Crippen molar-refractivity contribution < 1.29 is 9.90 Å². The fourth-order valence-electron chi connectivity index (χ4n) is 2.44. The van der Waals surface area contributed by atoms with Crippen molar-refractivity contribution in [1.29, 1.82) is 0 Å². The van der Waals surface area contributed by atoms with Gasteiger partial charge in [-0.15, -0.1) is 0 Å². The second kappa shape index (κ2) is 6.75. The van der Waals surface area contributed by atoms with E-state index in [9.17, 15) is 9.90 Å². The Kier molecular flexibility index (Phi) is 4.34. The predicted molar refractivity (Wildman–Crippen MR) is 90.2 cm³/mol. The SMILES string of the molecule is O=C(O)c1ccncc1Nc1ccccc1Cc1ccccc1. The molecule has 23 heavy (non-hydrogen) atoms. The highest BCUT2D eigenvalue weighted by Crippen LogP contribution is 2.25. The minimum Gasteiger partial charge on any atom is -0.478 e. The highest BCUT2D eigenvalue weighted by molar-refractivity contribution is 5.94. The Morgan fingerprint density at radius 2 is 1.70 bits per heavy atom. The van der Waals surface area contributed by atoms with Crippen molar-refractivity contribution in [3.63, 3.8) is 0 Å². The van der Waals surface area contributed by atoms with Crippen molar-refractivity contribution in [1.82, 2.24) is 4.98 Å². The van der Waals surface area contributed by atoms with Crippen LogP contribution in [-0.4, -0.2) is 16.1 Å². The Labute approximate surface area is 134 Å². The molecular formula is C19H16N2O2. The topological polar surface area (TPSA) is 62.2 Å². The lowest BCUT2D eigenvalue weighted by atomic mass is 10.0. The molecule has 0 spiro atoms. The molecule has 1 heterocycles.